The maximum absolute atomic E-state index is 2.40. The zero-order chi connectivity index (χ0) is 31.4. The van der Waals surface area contributed by atoms with Gasteiger partial charge in [0.1, 0.15) is 0 Å². The summed E-state index contributed by atoms with van der Waals surface area (Å²) in [5.41, 5.74) is 12.9. The van der Waals surface area contributed by atoms with E-state index in [9.17, 15) is 0 Å². The van der Waals surface area contributed by atoms with Crippen molar-refractivity contribution in [3.05, 3.63) is 200 Å². The fourth-order valence-electron chi connectivity index (χ4n) is 6.42. The normalized spacial score (nSPS) is 11.0. The Bertz CT molecular complexity index is 2170. The van der Waals surface area contributed by atoms with Crippen LogP contribution in [0.5, 0.6) is 0 Å². The molecule has 0 bridgehead atoms. The van der Waals surface area contributed by atoms with Crippen LogP contribution < -0.4 is 4.90 Å². The van der Waals surface area contributed by atoms with E-state index in [2.05, 4.69) is 205 Å². The highest BCUT2D eigenvalue weighted by Gasteiger charge is 2.19. The molecule has 0 spiro atoms. The van der Waals surface area contributed by atoms with Gasteiger partial charge in [-0.25, -0.2) is 0 Å². The average molecular weight is 600 g/mol. The van der Waals surface area contributed by atoms with Crippen molar-refractivity contribution in [1.29, 1.82) is 0 Å². The van der Waals surface area contributed by atoms with Gasteiger partial charge in [-0.05, 0) is 86.1 Å². The van der Waals surface area contributed by atoms with Crippen LogP contribution in [0.15, 0.2) is 200 Å². The molecular weight excluding hydrogens is 567 g/mol. The summed E-state index contributed by atoms with van der Waals surface area (Å²) in [5, 5.41) is 2.49. The molecule has 0 saturated heterocycles. The zero-order valence-electron chi connectivity index (χ0n) is 26.0. The van der Waals surface area contributed by atoms with Gasteiger partial charge in [0.25, 0.3) is 0 Å². The monoisotopic (exact) mass is 599 g/mol. The Morgan fingerprint density at radius 1 is 0.255 bits per heavy atom. The van der Waals surface area contributed by atoms with Gasteiger partial charge in [-0.15, -0.1) is 0 Å². The number of anilines is 3. The van der Waals surface area contributed by atoms with Gasteiger partial charge >= 0.3 is 0 Å². The fourth-order valence-corrected chi connectivity index (χ4v) is 6.42. The van der Waals surface area contributed by atoms with Crippen LogP contribution in [-0.2, 0) is 0 Å². The van der Waals surface area contributed by atoms with Crippen molar-refractivity contribution in [1.82, 2.24) is 0 Å². The van der Waals surface area contributed by atoms with Crippen LogP contribution >= 0.6 is 0 Å². The first-order valence-corrected chi connectivity index (χ1v) is 16.1. The average Bonchev–Trinajstić information content (AvgIpc) is 3.16. The first-order valence-electron chi connectivity index (χ1n) is 16.1. The predicted octanol–water partition coefficient (Wildman–Crippen LogP) is 13.0. The number of hydrogen-bond donors (Lipinski definition) is 0. The summed E-state index contributed by atoms with van der Waals surface area (Å²) in [6, 6.07) is 71.9. The second-order valence-corrected chi connectivity index (χ2v) is 11.8. The third kappa shape index (κ3) is 5.83. The van der Waals surface area contributed by atoms with E-state index in [0.29, 0.717) is 0 Å². The molecule has 0 saturated carbocycles. The Morgan fingerprint density at radius 2 is 0.660 bits per heavy atom. The quantitative estimate of drug-likeness (QED) is 0.176. The van der Waals surface area contributed by atoms with Gasteiger partial charge in [0, 0.05) is 16.9 Å². The van der Waals surface area contributed by atoms with E-state index in [1.807, 2.05) is 0 Å². The van der Waals surface area contributed by atoms with Crippen LogP contribution in [0.25, 0.3) is 55.3 Å². The van der Waals surface area contributed by atoms with Gasteiger partial charge in [-0.2, -0.15) is 0 Å². The summed E-state index contributed by atoms with van der Waals surface area (Å²) in [7, 11) is 0. The minimum absolute atomic E-state index is 1.10. The van der Waals surface area contributed by atoms with Crippen LogP contribution in [0.1, 0.15) is 0 Å². The van der Waals surface area contributed by atoms with E-state index in [1.54, 1.807) is 0 Å². The lowest BCUT2D eigenvalue weighted by molar-refractivity contribution is 1.28. The molecule has 8 aromatic rings. The van der Waals surface area contributed by atoms with E-state index >= 15 is 0 Å². The Morgan fingerprint density at radius 3 is 1.21 bits per heavy atom. The Kier molecular flexibility index (Phi) is 7.63. The molecule has 0 unspecified atom stereocenters. The van der Waals surface area contributed by atoms with Gasteiger partial charge in [-0.1, -0.05) is 164 Å². The van der Waals surface area contributed by atoms with Gasteiger partial charge in [0.05, 0.1) is 5.69 Å². The largest absolute Gasteiger partial charge is 0.310 e. The molecule has 0 heterocycles. The van der Waals surface area contributed by atoms with Gasteiger partial charge in [-0.3, -0.25) is 0 Å². The van der Waals surface area contributed by atoms with Gasteiger partial charge in [0.15, 0.2) is 0 Å². The van der Waals surface area contributed by atoms with Crippen molar-refractivity contribution in [2.75, 3.05) is 4.90 Å². The molecule has 8 rings (SSSR count). The first kappa shape index (κ1) is 28.3. The van der Waals surface area contributed by atoms with Gasteiger partial charge < -0.3 is 4.90 Å². The fraction of sp³-hybridized carbons (Fsp3) is 0. The van der Waals surface area contributed by atoms with Crippen LogP contribution in [-0.4, -0.2) is 0 Å². The minimum atomic E-state index is 1.10. The molecule has 47 heavy (non-hydrogen) atoms. The first-order chi connectivity index (χ1) is 23.3. The van der Waals surface area contributed by atoms with Crippen LogP contribution in [0.3, 0.4) is 0 Å². The number of benzene rings is 8. The summed E-state index contributed by atoms with van der Waals surface area (Å²) in [5.74, 6) is 0. The molecule has 8 aromatic carbocycles. The topological polar surface area (TPSA) is 3.24 Å². The summed E-state index contributed by atoms with van der Waals surface area (Å²) >= 11 is 0. The van der Waals surface area contributed by atoms with Crippen LogP contribution in [0.2, 0.25) is 0 Å². The second-order valence-electron chi connectivity index (χ2n) is 11.8. The third-order valence-electron chi connectivity index (χ3n) is 8.87. The molecule has 1 heteroatoms. The van der Waals surface area contributed by atoms with E-state index in [-0.39, 0.29) is 0 Å². The van der Waals surface area contributed by atoms with Crippen molar-refractivity contribution >= 4 is 27.8 Å². The van der Waals surface area contributed by atoms with Crippen LogP contribution in [0.4, 0.5) is 17.1 Å². The summed E-state index contributed by atoms with van der Waals surface area (Å²) in [6.45, 7) is 0. The molecule has 0 atom stereocenters. The molecule has 0 aliphatic carbocycles. The van der Waals surface area contributed by atoms with Crippen molar-refractivity contribution in [3.63, 3.8) is 0 Å². The molecule has 0 aromatic heterocycles. The summed E-state index contributed by atoms with van der Waals surface area (Å²) < 4.78 is 0. The maximum Gasteiger partial charge on any atom is 0.0546 e. The number of rotatable bonds is 7. The summed E-state index contributed by atoms with van der Waals surface area (Å²) in [4.78, 5) is 2.40. The lowest BCUT2D eigenvalue weighted by atomic mass is 9.95. The van der Waals surface area contributed by atoms with Crippen molar-refractivity contribution in [2.24, 2.45) is 0 Å². The molecule has 0 N–H and O–H groups in total. The number of hydrogen-bond acceptors (Lipinski definition) is 1. The summed E-state index contributed by atoms with van der Waals surface area (Å²) in [6.07, 6.45) is 0. The molecule has 0 fully saturated rings. The Hall–Kier alpha value is -6.18. The SMILES string of the molecule is c1ccc(-c2ccc(N(c3ccc(-c4ccccc4)cc3)c3cc(-c4ccc5ccccc5c4)ccc3-c3ccccc3)cc2)cc1. The Labute approximate surface area is 276 Å². The third-order valence-corrected chi connectivity index (χ3v) is 8.87. The lowest BCUT2D eigenvalue weighted by Gasteiger charge is -2.29. The molecule has 222 valence electrons. The Balaban J connectivity index is 1.31. The van der Waals surface area contributed by atoms with E-state index in [1.165, 1.54) is 55.3 Å². The smallest absolute Gasteiger partial charge is 0.0546 e. The molecule has 0 amide bonds. The van der Waals surface area contributed by atoms with Crippen molar-refractivity contribution in [2.45, 2.75) is 0 Å². The maximum atomic E-state index is 2.40. The highest BCUT2D eigenvalue weighted by atomic mass is 15.1. The van der Waals surface area contributed by atoms with E-state index in [4.69, 9.17) is 0 Å². The van der Waals surface area contributed by atoms with Crippen molar-refractivity contribution in [3.8, 4) is 44.5 Å². The predicted molar refractivity (Wildman–Crippen MR) is 200 cm³/mol. The second kappa shape index (κ2) is 12.7. The molecule has 0 aliphatic heterocycles. The molecule has 0 radical (unpaired) electrons. The molecule has 0 aliphatic rings. The highest BCUT2D eigenvalue weighted by Crippen LogP contribution is 2.44. The number of fused-ring (bicyclic) bond motifs is 1. The van der Waals surface area contributed by atoms with E-state index in [0.717, 1.165) is 17.1 Å². The molecule has 1 nitrogen and oxygen atoms in total. The standard InChI is InChI=1S/C46H33N/c1-4-12-34(13-5-1)37-22-27-43(28-23-37)47(44-29-24-38(25-30-44)35-14-6-2-7-15-35)46-33-42(26-31-45(46)39-17-8-3-9-18-39)41-21-20-36-16-10-11-19-40(36)32-41/h1-33H. The van der Waals surface area contributed by atoms with Crippen LogP contribution in [0, 0.1) is 0 Å². The minimum Gasteiger partial charge on any atom is -0.310 e. The highest BCUT2D eigenvalue weighted by molar-refractivity contribution is 5.93. The molecular formula is C46H33N. The zero-order valence-corrected chi connectivity index (χ0v) is 26.0. The van der Waals surface area contributed by atoms with Crippen molar-refractivity contribution < 1.29 is 0 Å². The number of nitrogens with zero attached hydrogens (tertiary/aromatic N) is 1. The lowest BCUT2D eigenvalue weighted by Crippen LogP contribution is -2.11. The van der Waals surface area contributed by atoms with E-state index < -0.39 is 0 Å². The van der Waals surface area contributed by atoms with Gasteiger partial charge in [0.2, 0.25) is 0 Å².